The maximum absolute atomic E-state index is 12.9. The summed E-state index contributed by atoms with van der Waals surface area (Å²) in [4.78, 5) is 26.6. The molecular formula is C24H30N2O3. The minimum atomic E-state index is -0.375. The molecule has 0 spiro atoms. The predicted octanol–water partition coefficient (Wildman–Crippen LogP) is 2.99. The smallest absolute Gasteiger partial charge is 0.223 e. The van der Waals surface area contributed by atoms with Crippen LogP contribution in [0.1, 0.15) is 42.4 Å². The summed E-state index contributed by atoms with van der Waals surface area (Å²) in [6, 6.07) is 18.1. The van der Waals surface area contributed by atoms with Crippen molar-refractivity contribution in [3.8, 4) is 0 Å². The van der Waals surface area contributed by atoms with Crippen LogP contribution in [0, 0.1) is 6.92 Å². The van der Waals surface area contributed by atoms with Crippen molar-refractivity contribution < 1.29 is 14.7 Å². The molecular weight excluding hydrogens is 364 g/mol. The fourth-order valence-corrected chi connectivity index (χ4v) is 4.00. The maximum atomic E-state index is 12.9. The lowest BCUT2D eigenvalue weighted by Crippen LogP contribution is -2.45. The first-order chi connectivity index (χ1) is 14.0. The first-order valence-corrected chi connectivity index (χ1v) is 10.3. The molecule has 1 aliphatic rings. The van der Waals surface area contributed by atoms with Crippen LogP contribution in [0.2, 0.25) is 0 Å². The van der Waals surface area contributed by atoms with Crippen molar-refractivity contribution in [1.82, 2.24) is 10.2 Å². The normalized spacial score (nSPS) is 18.5. The summed E-state index contributed by atoms with van der Waals surface area (Å²) < 4.78 is 0. The highest BCUT2D eigenvalue weighted by Gasteiger charge is 2.38. The Morgan fingerprint density at radius 3 is 2.45 bits per heavy atom. The Labute approximate surface area is 172 Å². The van der Waals surface area contributed by atoms with Crippen molar-refractivity contribution in [2.24, 2.45) is 0 Å². The van der Waals surface area contributed by atoms with Crippen LogP contribution in [0.15, 0.2) is 54.6 Å². The van der Waals surface area contributed by atoms with Gasteiger partial charge in [-0.1, -0.05) is 60.2 Å². The van der Waals surface area contributed by atoms with Crippen LogP contribution in [0.4, 0.5) is 0 Å². The molecule has 1 unspecified atom stereocenters. The Kier molecular flexibility index (Phi) is 7.04. The Hall–Kier alpha value is -2.66. The van der Waals surface area contributed by atoms with Gasteiger partial charge in [-0.15, -0.1) is 0 Å². The molecule has 3 rings (SSSR count). The Balaban J connectivity index is 1.66. The number of carbonyl (C=O) groups is 2. The van der Waals surface area contributed by atoms with Crippen molar-refractivity contribution >= 4 is 11.8 Å². The van der Waals surface area contributed by atoms with E-state index in [0.29, 0.717) is 32.4 Å². The predicted molar refractivity (Wildman–Crippen MR) is 113 cm³/mol. The van der Waals surface area contributed by atoms with Crippen LogP contribution in [0.25, 0.3) is 0 Å². The number of hydrogen-bond donors (Lipinski definition) is 2. The highest BCUT2D eigenvalue weighted by molar-refractivity contribution is 5.80. The third kappa shape index (κ3) is 5.91. The number of hydrogen-bond acceptors (Lipinski definition) is 3. The quantitative estimate of drug-likeness (QED) is 0.687. The number of rotatable bonds is 9. The van der Waals surface area contributed by atoms with Gasteiger partial charge in [0.1, 0.15) is 0 Å². The summed E-state index contributed by atoms with van der Waals surface area (Å²) in [5.41, 5.74) is 3.04. The number of carbonyl (C=O) groups excluding carboxylic acids is 2. The van der Waals surface area contributed by atoms with E-state index in [1.54, 1.807) is 4.90 Å². The van der Waals surface area contributed by atoms with Gasteiger partial charge in [0.15, 0.2) is 0 Å². The number of aliphatic hydroxyl groups is 1. The number of nitrogens with zero attached hydrogens (tertiary/aromatic N) is 1. The van der Waals surface area contributed by atoms with Gasteiger partial charge in [-0.3, -0.25) is 9.59 Å². The fraction of sp³-hybridized carbons (Fsp3) is 0.417. The van der Waals surface area contributed by atoms with E-state index in [9.17, 15) is 14.7 Å². The molecule has 2 N–H and O–H groups in total. The summed E-state index contributed by atoms with van der Waals surface area (Å²) in [5.74, 6) is 0.0633. The summed E-state index contributed by atoms with van der Waals surface area (Å²) in [6.45, 7) is 2.78. The summed E-state index contributed by atoms with van der Waals surface area (Å²) in [7, 11) is 0. The van der Waals surface area contributed by atoms with Gasteiger partial charge in [-0.2, -0.15) is 0 Å². The standard InChI is InChI=1S/C24H30N2O3/c1-19-7-9-20(10-8-19)17-24(13-11-22(28)25-24)14-12-23(29)26(15-16-27)18-21-5-3-2-4-6-21/h2-10,27H,11-18H2,1H3,(H,25,28). The monoisotopic (exact) mass is 394 g/mol. The molecule has 2 aromatic carbocycles. The first kappa shape index (κ1) is 21.1. The highest BCUT2D eigenvalue weighted by atomic mass is 16.3. The van der Waals surface area contributed by atoms with Crippen LogP contribution in [0.5, 0.6) is 0 Å². The molecule has 0 bridgehead atoms. The maximum Gasteiger partial charge on any atom is 0.223 e. The Bertz CT molecular complexity index is 820. The molecule has 2 amide bonds. The van der Waals surface area contributed by atoms with Crippen LogP contribution in [0.3, 0.4) is 0 Å². The number of aryl methyl sites for hydroxylation is 1. The molecule has 29 heavy (non-hydrogen) atoms. The van der Waals surface area contributed by atoms with E-state index in [-0.39, 0.29) is 24.0 Å². The lowest BCUT2D eigenvalue weighted by Gasteiger charge is -2.31. The molecule has 1 fully saturated rings. The zero-order valence-corrected chi connectivity index (χ0v) is 17.1. The molecule has 2 aromatic rings. The van der Waals surface area contributed by atoms with Crippen LogP contribution in [-0.2, 0) is 22.6 Å². The number of nitrogens with one attached hydrogen (secondary N) is 1. The third-order valence-electron chi connectivity index (χ3n) is 5.65. The second-order valence-electron chi connectivity index (χ2n) is 8.02. The lowest BCUT2D eigenvalue weighted by atomic mass is 9.84. The molecule has 0 aliphatic carbocycles. The van der Waals surface area contributed by atoms with E-state index >= 15 is 0 Å². The number of benzene rings is 2. The van der Waals surface area contributed by atoms with Gasteiger partial charge in [0.2, 0.25) is 11.8 Å². The van der Waals surface area contributed by atoms with E-state index in [2.05, 4.69) is 36.5 Å². The van der Waals surface area contributed by atoms with E-state index in [0.717, 1.165) is 18.4 Å². The molecule has 1 atom stereocenters. The SMILES string of the molecule is Cc1ccc(CC2(CCC(=O)N(CCO)Cc3ccccc3)CCC(=O)N2)cc1. The van der Waals surface area contributed by atoms with E-state index in [1.807, 2.05) is 30.3 Å². The van der Waals surface area contributed by atoms with E-state index in [1.165, 1.54) is 11.1 Å². The summed E-state index contributed by atoms with van der Waals surface area (Å²) in [5, 5.41) is 12.5. The zero-order chi connectivity index (χ0) is 20.7. The topological polar surface area (TPSA) is 69.6 Å². The minimum absolute atomic E-state index is 0.00679. The minimum Gasteiger partial charge on any atom is -0.395 e. The zero-order valence-electron chi connectivity index (χ0n) is 17.1. The van der Waals surface area contributed by atoms with Gasteiger partial charge in [-0.05, 0) is 37.3 Å². The fourth-order valence-electron chi connectivity index (χ4n) is 4.00. The third-order valence-corrected chi connectivity index (χ3v) is 5.65. The van der Waals surface area contributed by atoms with Crippen molar-refractivity contribution in [3.05, 3.63) is 71.3 Å². The van der Waals surface area contributed by atoms with Gasteiger partial charge in [0, 0.05) is 31.5 Å². The van der Waals surface area contributed by atoms with Gasteiger partial charge < -0.3 is 15.3 Å². The van der Waals surface area contributed by atoms with Crippen LogP contribution < -0.4 is 5.32 Å². The van der Waals surface area contributed by atoms with Gasteiger partial charge in [0.25, 0.3) is 0 Å². The van der Waals surface area contributed by atoms with E-state index in [4.69, 9.17) is 0 Å². The molecule has 154 valence electrons. The molecule has 0 saturated carbocycles. The molecule has 1 heterocycles. The van der Waals surface area contributed by atoms with Gasteiger partial charge in [0.05, 0.1) is 6.61 Å². The average Bonchev–Trinajstić information content (AvgIpc) is 3.09. The Morgan fingerprint density at radius 2 is 1.83 bits per heavy atom. The molecule has 1 saturated heterocycles. The molecule has 5 heteroatoms. The summed E-state index contributed by atoms with van der Waals surface area (Å²) in [6.07, 6.45) is 2.92. The second-order valence-corrected chi connectivity index (χ2v) is 8.02. The first-order valence-electron chi connectivity index (χ1n) is 10.3. The average molecular weight is 395 g/mol. The van der Waals surface area contributed by atoms with E-state index < -0.39 is 0 Å². The van der Waals surface area contributed by atoms with Crippen molar-refractivity contribution in [2.75, 3.05) is 13.2 Å². The Morgan fingerprint density at radius 1 is 1.10 bits per heavy atom. The van der Waals surface area contributed by atoms with Crippen LogP contribution >= 0.6 is 0 Å². The molecule has 0 aromatic heterocycles. The lowest BCUT2D eigenvalue weighted by molar-refractivity contribution is -0.133. The second kappa shape index (κ2) is 9.70. The molecule has 1 aliphatic heterocycles. The largest absolute Gasteiger partial charge is 0.395 e. The number of amides is 2. The van der Waals surface area contributed by atoms with Crippen molar-refractivity contribution in [3.63, 3.8) is 0 Å². The summed E-state index contributed by atoms with van der Waals surface area (Å²) >= 11 is 0. The highest BCUT2D eigenvalue weighted by Crippen LogP contribution is 2.30. The molecule has 5 nitrogen and oxygen atoms in total. The van der Waals surface area contributed by atoms with Gasteiger partial charge >= 0.3 is 0 Å². The molecule has 0 radical (unpaired) electrons. The van der Waals surface area contributed by atoms with Crippen molar-refractivity contribution in [2.45, 2.75) is 51.1 Å². The van der Waals surface area contributed by atoms with Gasteiger partial charge in [-0.25, -0.2) is 0 Å². The number of aliphatic hydroxyl groups excluding tert-OH is 1. The van der Waals surface area contributed by atoms with Crippen molar-refractivity contribution in [1.29, 1.82) is 0 Å². The van der Waals surface area contributed by atoms with Crippen LogP contribution in [-0.4, -0.2) is 40.5 Å².